The summed E-state index contributed by atoms with van der Waals surface area (Å²) in [6.07, 6.45) is 4.41. The minimum absolute atomic E-state index is 0.197. The van der Waals surface area contributed by atoms with Crippen molar-refractivity contribution in [2.45, 2.75) is 13.3 Å². The van der Waals surface area contributed by atoms with Crippen molar-refractivity contribution in [3.05, 3.63) is 12.3 Å². The van der Waals surface area contributed by atoms with E-state index in [-0.39, 0.29) is 6.03 Å². The van der Waals surface area contributed by atoms with Crippen molar-refractivity contribution in [2.75, 3.05) is 20.3 Å². The molecule has 0 unspecified atom stereocenters. The zero-order chi connectivity index (χ0) is 9.23. The van der Waals surface area contributed by atoms with Gasteiger partial charge in [0.1, 0.15) is 0 Å². The normalized spacial score (nSPS) is 10.2. The number of hydrogen-bond donors (Lipinski definition) is 2. The molecule has 0 bridgehead atoms. The number of methoxy groups -OCH3 is 1. The Morgan fingerprint density at radius 3 is 2.92 bits per heavy atom. The topological polar surface area (TPSA) is 50.4 Å². The molecular formula is C8H16N2O2. The van der Waals surface area contributed by atoms with Crippen LogP contribution < -0.4 is 10.6 Å². The van der Waals surface area contributed by atoms with E-state index in [4.69, 9.17) is 4.74 Å². The van der Waals surface area contributed by atoms with Crippen LogP contribution in [0.4, 0.5) is 4.79 Å². The fraction of sp³-hybridized carbons (Fsp3) is 0.625. The van der Waals surface area contributed by atoms with E-state index < -0.39 is 0 Å². The Kier molecular flexibility index (Phi) is 7.38. The minimum atomic E-state index is -0.197. The molecular weight excluding hydrogens is 156 g/mol. The van der Waals surface area contributed by atoms with Crippen molar-refractivity contribution in [1.29, 1.82) is 0 Å². The molecule has 0 aromatic heterocycles. The van der Waals surface area contributed by atoms with E-state index in [2.05, 4.69) is 10.6 Å². The van der Waals surface area contributed by atoms with Crippen LogP contribution in [0.25, 0.3) is 0 Å². The Bertz CT molecular complexity index is 146. The maximum absolute atomic E-state index is 10.9. The number of allylic oxidation sites excluding steroid dienone is 1. The monoisotopic (exact) mass is 172 g/mol. The lowest BCUT2D eigenvalue weighted by atomic mass is 10.5. The molecule has 0 saturated heterocycles. The molecule has 0 heterocycles. The van der Waals surface area contributed by atoms with Crippen LogP contribution in [0.2, 0.25) is 0 Å². The van der Waals surface area contributed by atoms with Crippen LogP contribution in [0.1, 0.15) is 13.3 Å². The van der Waals surface area contributed by atoms with E-state index in [0.717, 1.165) is 6.42 Å². The summed E-state index contributed by atoms with van der Waals surface area (Å²) in [5, 5.41) is 5.17. The number of carbonyl (C=O) groups excluding carboxylic acids is 1. The zero-order valence-electron chi connectivity index (χ0n) is 7.59. The Morgan fingerprint density at radius 2 is 2.33 bits per heavy atom. The van der Waals surface area contributed by atoms with Crippen LogP contribution in [-0.4, -0.2) is 26.3 Å². The number of carbonyl (C=O) groups is 1. The van der Waals surface area contributed by atoms with Gasteiger partial charge in [-0.05, 0) is 6.42 Å². The molecule has 0 aliphatic carbocycles. The molecule has 0 spiro atoms. The second kappa shape index (κ2) is 8.07. The summed E-state index contributed by atoms with van der Waals surface area (Å²) in [6, 6.07) is -0.197. The van der Waals surface area contributed by atoms with Crippen LogP contribution in [-0.2, 0) is 4.74 Å². The van der Waals surface area contributed by atoms with Gasteiger partial charge in [-0.1, -0.05) is 13.0 Å². The molecule has 0 aromatic rings. The van der Waals surface area contributed by atoms with Gasteiger partial charge in [0, 0.05) is 19.9 Å². The third-order valence-electron chi connectivity index (χ3n) is 1.16. The van der Waals surface area contributed by atoms with Crippen molar-refractivity contribution in [3.63, 3.8) is 0 Å². The van der Waals surface area contributed by atoms with E-state index >= 15 is 0 Å². The van der Waals surface area contributed by atoms with Gasteiger partial charge in [-0.25, -0.2) is 4.79 Å². The number of ether oxygens (including phenoxy) is 1. The first-order chi connectivity index (χ1) is 5.81. The SMILES string of the molecule is CC/C=C/NC(=O)NCCOC. The average Bonchev–Trinajstić information content (AvgIpc) is 2.06. The summed E-state index contributed by atoms with van der Waals surface area (Å²) in [6.45, 7) is 3.06. The van der Waals surface area contributed by atoms with Gasteiger partial charge in [-0.3, -0.25) is 0 Å². The van der Waals surface area contributed by atoms with E-state index in [1.807, 2.05) is 13.0 Å². The molecule has 12 heavy (non-hydrogen) atoms. The van der Waals surface area contributed by atoms with E-state index in [1.54, 1.807) is 13.3 Å². The first-order valence-electron chi connectivity index (χ1n) is 3.99. The van der Waals surface area contributed by atoms with Gasteiger partial charge in [0.2, 0.25) is 0 Å². The number of rotatable bonds is 5. The largest absolute Gasteiger partial charge is 0.383 e. The molecule has 0 fully saturated rings. The summed E-state index contributed by atoms with van der Waals surface area (Å²) in [5.74, 6) is 0. The van der Waals surface area contributed by atoms with Gasteiger partial charge in [0.25, 0.3) is 0 Å². The highest BCUT2D eigenvalue weighted by atomic mass is 16.5. The molecule has 2 amide bonds. The van der Waals surface area contributed by atoms with Gasteiger partial charge in [-0.15, -0.1) is 0 Å². The minimum Gasteiger partial charge on any atom is -0.383 e. The molecule has 0 saturated carbocycles. The molecule has 70 valence electrons. The molecule has 0 radical (unpaired) electrons. The quantitative estimate of drug-likeness (QED) is 0.604. The fourth-order valence-corrected chi connectivity index (χ4v) is 0.570. The van der Waals surface area contributed by atoms with Crippen molar-refractivity contribution in [3.8, 4) is 0 Å². The molecule has 0 rings (SSSR count). The maximum Gasteiger partial charge on any atom is 0.318 e. The predicted molar refractivity (Wildman–Crippen MR) is 47.8 cm³/mol. The third kappa shape index (κ3) is 7.08. The molecule has 2 N–H and O–H groups in total. The third-order valence-corrected chi connectivity index (χ3v) is 1.16. The second-order valence-corrected chi connectivity index (χ2v) is 2.20. The van der Waals surface area contributed by atoms with Crippen LogP contribution in [0.15, 0.2) is 12.3 Å². The highest BCUT2D eigenvalue weighted by molar-refractivity contribution is 5.74. The number of amides is 2. The Balaban J connectivity index is 3.27. The van der Waals surface area contributed by atoms with Crippen molar-refractivity contribution in [1.82, 2.24) is 10.6 Å². The molecule has 0 aromatic carbocycles. The van der Waals surface area contributed by atoms with Crippen molar-refractivity contribution < 1.29 is 9.53 Å². The lowest BCUT2D eigenvalue weighted by Gasteiger charge is -2.02. The van der Waals surface area contributed by atoms with Gasteiger partial charge in [0.05, 0.1) is 6.61 Å². The molecule has 4 heteroatoms. The van der Waals surface area contributed by atoms with Crippen LogP contribution >= 0.6 is 0 Å². The van der Waals surface area contributed by atoms with Crippen LogP contribution in [0.5, 0.6) is 0 Å². The first-order valence-corrected chi connectivity index (χ1v) is 3.99. The highest BCUT2D eigenvalue weighted by Crippen LogP contribution is 1.75. The number of urea groups is 1. The Hall–Kier alpha value is -1.03. The molecule has 4 nitrogen and oxygen atoms in total. The molecule has 0 aliphatic rings. The van der Waals surface area contributed by atoms with Gasteiger partial charge in [-0.2, -0.15) is 0 Å². The van der Waals surface area contributed by atoms with Crippen molar-refractivity contribution >= 4 is 6.03 Å². The predicted octanol–water partition coefficient (Wildman–Crippen LogP) is 0.856. The number of hydrogen-bond acceptors (Lipinski definition) is 2. The van der Waals surface area contributed by atoms with Gasteiger partial charge < -0.3 is 15.4 Å². The van der Waals surface area contributed by atoms with Crippen molar-refractivity contribution in [2.24, 2.45) is 0 Å². The summed E-state index contributed by atoms with van der Waals surface area (Å²) >= 11 is 0. The lowest BCUT2D eigenvalue weighted by Crippen LogP contribution is -2.34. The van der Waals surface area contributed by atoms with E-state index in [0.29, 0.717) is 13.2 Å². The van der Waals surface area contributed by atoms with E-state index in [9.17, 15) is 4.79 Å². The highest BCUT2D eigenvalue weighted by Gasteiger charge is 1.93. The zero-order valence-corrected chi connectivity index (χ0v) is 7.59. The molecule has 0 atom stereocenters. The standard InChI is InChI=1S/C8H16N2O2/c1-3-4-5-9-8(11)10-6-7-12-2/h4-5H,3,6-7H2,1-2H3,(H2,9,10,11)/b5-4+. The van der Waals surface area contributed by atoms with Crippen LogP contribution in [0.3, 0.4) is 0 Å². The first kappa shape index (κ1) is 11.0. The summed E-state index contributed by atoms with van der Waals surface area (Å²) in [4.78, 5) is 10.9. The van der Waals surface area contributed by atoms with Crippen LogP contribution in [0, 0.1) is 0 Å². The summed E-state index contributed by atoms with van der Waals surface area (Å²) in [7, 11) is 1.59. The second-order valence-electron chi connectivity index (χ2n) is 2.20. The van der Waals surface area contributed by atoms with Gasteiger partial charge in [0.15, 0.2) is 0 Å². The smallest absolute Gasteiger partial charge is 0.318 e. The lowest BCUT2D eigenvalue weighted by molar-refractivity contribution is 0.196. The summed E-state index contributed by atoms with van der Waals surface area (Å²) < 4.78 is 4.76. The summed E-state index contributed by atoms with van der Waals surface area (Å²) in [5.41, 5.74) is 0. The fourth-order valence-electron chi connectivity index (χ4n) is 0.570. The average molecular weight is 172 g/mol. The molecule has 0 aliphatic heterocycles. The van der Waals surface area contributed by atoms with Gasteiger partial charge >= 0.3 is 6.03 Å². The number of nitrogens with one attached hydrogen (secondary N) is 2. The maximum atomic E-state index is 10.9. The Labute approximate surface area is 73.0 Å². The Morgan fingerprint density at radius 1 is 1.58 bits per heavy atom. The van der Waals surface area contributed by atoms with E-state index in [1.165, 1.54) is 0 Å².